The average Bonchev–Trinajstić information content (AvgIpc) is 2.39. The lowest BCUT2D eigenvalue weighted by atomic mass is 9.96. The standard InChI is InChI=1S/C16H17ClFN/c1-11-9-15(18)8-5-13(11)10-16(19-2)12-3-6-14(17)7-4-12/h3-9,16,19H,10H2,1-2H3. The van der Waals surface area contributed by atoms with Gasteiger partial charge in [0, 0.05) is 11.1 Å². The topological polar surface area (TPSA) is 12.0 Å². The maximum Gasteiger partial charge on any atom is 0.123 e. The second-order valence-corrected chi connectivity index (χ2v) is 5.10. The van der Waals surface area contributed by atoms with Crippen molar-refractivity contribution in [2.75, 3.05) is 7.05 Å². The fourth-order valence-corrected chi connectivity index (χ4v) is 2.32. The molecule has 0 aliphatic rings. The van der Waals surface area contributed by atoms with Crippen LogP contribution in [-0.4, -0.2) is 7.05 Å². The van der Waals surface area contributed by atoms with Crippen LogP contribution in [0.15, 0.2) is 42.5 Å². The molecule has 0 fully saturated rings. The lowest BCUT2D eigenvalue weighted by molar-refractivity contribution is 0.587. The number of benzene rings is 2. The van der Waals surface area contributed by atoms with Gasteiger partial charge < -0.3 is 5.32 Å². The molecule has 0 bridgehead atoms. The lowest BCUT2D eigenvalue weighted by Gasteiger charge is -2.18. The van der Waals surface area contributed by atoms with Gasteiger partial charge in [0.1, 0.15) is 5.82 Å². The third-order valence-corrected chi connectivity index (χ3v) is 3.60. The Labute approximate surface area is 118 Å². The molecule has 1 N–H and O–H groups in total. The molecule has 19 heavy (non-hydrogen) atoms. The van der Waals surface area contributed by atoms with Gasteiger partial charge in [0.2, 0.25) is 0 Å². The molecule has 0 aromatic heterocycles. The summed E-state index contributed by atoms with van der Waals surface area (Å²) in [6.07, 6.45) is 0.824. The Morgan fingerprint density at radius 1 is 1.16 bits per heavy atom. The van der Waals surface area contributed by atoms with Crippen molar-refractivity contribution in [1.82, 2.24) is 5.32 Å². The van der Waals surface area contributed by atoms with E-state index in [9.17, 15) is 4.39 Å². The molecule has 0 aliphatic carbocycles. The SMILES string of the molecule is CNC(Cc1ccc(F)cc1C)c1ccc(Cl)cc1. The van der Waals surface area contributed by atoms with Gasteiger partial charge >= 0.3 is 0 Å². The number of hydrogen-bond donors (Lipinski definition) is 1. The van der Waals surface area contributed by atoms with E-state index >= 15 is 0 Å². The first-order valence-corrected chi connectivity index (χ1v) is 6.65. The highest BCUT2D eigenvalue weighted by Crippen LogP contribution is 2.22. The highest BCUT2D eigenvalue weighted by atomic mass is 35.5. The Hall–Kier alpha value is -1.38. The summed E-state index contributed by atoms with van der Waals surface area (Å²) in [5, 5.41) is 4.02. The summed E-state index contributed by atoms with van der Waals surface area (Å²) in [7, 11) is 1.93. The van der Waals surface area contributed by atoms with E-state index in [1.54, 1.807) is 6.07 Å². The number of halogens is 2. The van der Waals surface area contributed by atoms with Crippen molar-refractivity contribution in [3.63, 3.8) is 0 Å². The van der Waals surface area contributed by atoms with Crippen LogP contribution in [0.3, 0.4) is 0 Å². The predicted molar refractivity (Wildman–Crippen MR) is 78.1 cm³/mol. The monoisotopic (exact) mass is 277 g/mol. The molecule has 100 valence electrons. The molecule has 1 atom stereocenters. The molecule has 1 nitrogen and oxygen atoms in total. The number of aryl methyl sites for hydroxylation is 1. The van der Waals surface area contributed by atoms with Gasteiger partial charge in [-0.05, 0) is 61.3 Å². The van der Waals surface area contributed by atoms with Gasteiger partial charge in [0.25, 0.3) is 0 Å². The van der Waals surface area contributed by atoms with Crippen molar-refractivity contribution in [2.24, 2.45) is 0 Å². The first-order valence-electron chi connectivity index (χ1n) is 6.28. The molecule has 3 heteroatoms. The molecule has 0 spiro atoms. The molecule has 2 aromatic carbocycles. The minimum absolute atomic E-state index is 0.186. The minimum atomic E-state index is -0.186. The predicted octanol–water partition coefficient (Wildman–Crippen LogP) is 4.29. The Bertz CT molecular complexity index is 551. The highest BCUT2D eigenvalue weighted by Gasteiger charge is 2.11. The molecular formula is C16H17ClFN. The van der Waals surface area contributed by atoms with Gasteiger partial charge in [0.05, 0.1) is 0 Å². The summed E-state index contributed by atoms with van der Waals surface area (Å²) < 4.78 is 13.1. The molecular weight excluding hydrogens is 261 g/mol. The molecule has 1 unspecified atom stereocenters. The maximum absolute atomic E-state index is 13.1. The van der Waals surface area contributed by atoms with Crippen molar-refractivity contribution < 1.29 is 4.39 Å². The second kappa shape index (κ2) is 6.18. The van der Waals surface area contributed by atoms with E-state index in [4.69, 9.17) is 11.6 Å². The number of rotatable bonds is 4. The van der Waals surface area contributed by atoms with Crippen molar-refractivity contribution in [3.05, 3.63) is 70.0 Å². The van der Waals surface area contributed by atoms with Gasteiger partial charge in [-0.25, -0.2) is 4.39 Å². The zero-order chi connectivity index (χ0) is 13.8. The molecule has 2 rings (SSSR count). The molecule has 2 aromatic rings. The first-order chi connectivity index (χ1) is 9.10. The van der Waals surface area contributed by atoms with Gasteiger partial charge in [-0.15, -0.1) is 0 Å². The van der Waals surface area contributed by atoms with Crippen LogP contribution in [0.2, 0.25) is 5.02 Å². The molecule has 0 heterocycles. The van der Waals surface area contributed by atoms with Crippen LogP contribution >= 0.6 is 11.6 Å². The van der Waals surface area contributed by atoms with Crippen LogP contribution in [-0.2, 0) is 6.42 Å². The van der Waals surface area contributed by atoms with Gasteiger partial charge in [-0.1, -0.05) is 29.8 Å². The summed E-state index contributed by atoms with van der Waals surface area (Å²) in [6, 6.07) is 12.9. The Balaban J connectivity index is 2.21. The Morgan fingerprint density at radius 3 is 2.42 bits per heavy atom. The fourth-order valence-electron chi connectivity index (χ4n) is 2.19. The van der Waals surface area contributed by atoms with Crippen LogP contribution in [0.5, 0.6) is 0 Å². The molecule has 0 saturated heterocycles. The van der Waals surface area contributed by atoms with Gasteiger partial charge in [-0.2, -0.15) is 0 Å². The lowest BCUT2D eigenvalue weighted by Crippen LogP contribution is -2.19. The van der Waals surface area contributed by atoms with E-state index in [1.807, 2.05) is 44.3 Å². The smallest absolute Gasteiger partial charge is 0.123 e. The Morgan fingerprint density at radius 2 is 1.84 bits per heavy atom. The van der Waals surface area contributed by atoms with Gasteiger partial charge in [-0.3, -0.25) is 0 Å². The average molecular weight is 278 g/mol. The fraction of sp³-hybridized carbons (Fsp3) is 0.250. The quantitative estimate of drug-likeness (QED) is 0.879. The van der Waals surface area contributed by atoms with Crippen LogP contribution < -0.4 is 5.32 Å². The number of nitrogens with one attached hydrogen (secondary N) is 1. The van der Waals surface area contributed by atoms with E-state index in [0.29, 0.717) is 0 Å². The molecule has 0 saturated carbocycles. The number of hydrogen-bond acceptors (Lipinski definition) is 1. The third-order valence-electron chi connectivity index (χ3n) is 3.35. The minimum Gasteiger partial charge on any atom is -0.313 e. The first kappa shape index (κ1) is 14.0. The molecule has 0 amide bonds. The molecule has 0 radical (unpaired) electrons. The summed E-state index contributed by atoms with van der Waals surface area (Å²) in [4.78, 5) is 0. The van der Waals surface area contributed by atoms with Crippen molar-refractivity contribution in [3.8, 4) is 0 Å². The highest BCUT2D eigenvalue weighted by molar-refractivity contribution is 6.30. The van der Waals surface area contributed by atoms with Crippen LogP contribution in [0, 0.1) is 12.7 Å². The van der Waals surface area contributed by atoms with E-state index in [-0.39, 0.29) is 11.9 Å². The zero-order valence-corrected chi connectivity index (χ0v) is 11.8. The maximum atomic E-state index is 13.1. The summed E-state index contributed by atoms with van der Waals surface area (Å²) in [5.74, 6) is -0.186. The second-order valence-electron chi connectivity index (χ2n) is 4.67. The summed E-state index contributed by atoms with van der Waals surface area (Å²) in [5.41, 5.74) is 3.31. The van der Waals surface area contributed by atoms with E-state index in [1.165, 1.54) is 11.6 Å². The van der Waals surface area contributed by atoms with E-state index < -0.39 is 0 Å². The van der Waals surface area contributed by atoms with Crippen LogP contribution in [0.25, 0.3) is 0 Å². The summed E-state index contributed by atoms with van der Waals surface area (Å²) in [6.45, 7) is 1.94. The van der Waals surface area contributed by atoms with Crippen molar-refractivity contribution in [2.45, 2.75) is 19.4 Å². The van der Waals surface area contributed by atoms with Crippen molar-refractivity contribution in [1.29, 1.82) is 0 Å². The number of likely N-dealkylation sites (N-methyl/N-ethyl adjacent to an activating group) is 1. The Kier molecular flexibility index (Phi) is 4.56. The largest absolute Gasteiger partial charge is 0.313 e. The van der Waals surface area contributed by atoms with E-state index in [2.05, 4.69) is 5.32 Å². The third kappa shape index (κ3) is 3.55. The van der Waals surface area contributed by atoms with E-state index in [0.717, 1.165) is 22.6 Å². The zero-order valence-electron chi connectivity index (χ0n) is 11.1. The normalized spacial score (nSPS) is 12.4. The van der Waals surface area contributed by atoms with Crippen molar-refractivity contribution >= 4 is 11.6 Å². The molecule has 0 aliphatic heterocycles. The van der Waals surface area contributed by atoms with Crippen LogP contribution in [0.4, 0.5) is 4.39 Å². The summed E-state index contributed by atoms with van der Waals surface area (Å²) >= 11 is 5.90. The van der Waals surface area contributed by atoms with Crippen LogP contribution in [0.1, 0.15) is 22.7 Å². The van der Waals surface area contributed by atoms with Gasteiger partial charge in [0.15, 0.2) is 0 Å².